The summed E-state index contributed by atoms with van der Waals surface area (Å²) in [7, 11) is 1.72. The van der Waals surface area contributed by atoms with Crippen molar-refractivity contribution in [3.63, 3.8) is 0 Å². The second-order valence-corrected chi connectivity index (χ2v) is 6.72. The summed E-state index contributed by atoms with van der Waals surface area (Å²) >= 11 is 0. The smallest absolute Gasteiger partial charge is 0.147 e. The Labute approximate surface area is 160 Å². The predicted octanol–water partition coefficient (Wildman–Crippen LogP) is 3.79. The van der Waals surface area contributed by atoms with E-state index in [9.17, 15) is 0 Å². The highest BCUT2D eigenvalue weighted by molar-refractivity contribution is 5.64. The molecule has 0 amide bonds. The maximum Gasteiger partial charge on any atom is 0.147 e. The van der Waals surface area contributed by atoms with Crippen molar-refractivity contribution in [1.29, 1.82) is 0 Å². The van der Waals surface area contributed by atoms with E-state index in [1.165, 1.54) is 5.56 Å². The molecule has 0 N–H and O–H groups in total. The van der Waals surface area contributed by atoms with Crippen molar-refractivity contribution in [1.82, 2.24) is 9.97 Å². The fourth-order valence-electron chi connectivity index (χ4n) is 3.57. The molecule has 0 saturated carbocycles. The number of hydrogen-bond donors (Lipinski definition) is 0. The number of benzene rings is 2. The van der Waals surface area contributed by atoms with Gasteiger partial charge in [-0.15, -0.1) is 0 Å². The van der Waals surface area contributed by atoms with E-state index in [1.807, 2.05) is 36.7 Å². The molecule has 5 nitrogen and oxygen atoms in total. The summed E-state index contributed by atoms with van der Waals surface area (Å²) in [4.78, 5) is 14.0. The van der Waals surface area contributed by atoms with Gasteiger partial charge in [0.1, 0.15) is 11.6 Å². The molecule has 0 bridgehead atoms. The summed E-state index contributed by atoms with van der Waals surface area (Å²) in [5.74, 6) is 1.86. The van der Waals surface area contributed by atoms with Gasteiger partial charge in [-0.2, -0.15) is 0 Å². The van der Waals surface area contributed by atoms with Crippen LogP contribution in [0.4, 0.5) is 11.5 Å². The quantitative estimate of drug-likeness (QED) is 0.708. The second kappa shape index (κ2) is 7.66. The highest BCUT2D eigenvalue weighted by Crippen LogP contribution is 2.29. The lowest BCUT2D eigenvalue weighted by atomic mass is 10.1. The van der Waals surface area contributed by atoms with Crippen LogP contribution in [0.5, 0.6) is 5.75 Å². The van der Waals surface area contributed by atoms with Crippen LogP contribution in [0, 0.1) is 6.92 Å². The SMILES string of the molecule is COc1ccccc1N1CCN(c2cncc(-c3ccccc3C)n2)CC1. The minimum Gasteiger partial charge on any atom is -0.495 e. The van der Waals surface area contributed by atoms with Crippen LogP contribution in [0.3, 0.4) is 0 Å². The Balaban J connectivity index is 1.50. The van der Waals surface area contributed by atoms with Gasteiger partial charge < -0.3 is 14.5 Å². The van der Waals surface area contributed by atoms with Gasteiger partial charge in [0, 0.05) is 31.7 Å². The number of piperazine rings is 1. The maximum absolute atomic E-state index is 5.51. The van der Waals surface area contributed by atoms with E-state index >= 15 is 0 Å². The van der Waals surface area contributed by atoms with Gasteiger partial charge in [-0.05, 0) is 24.6 Å². The molecular formula is C22H24N4O. The maximum atomic E-state index is 5.51. The molecule has 138 valence electrons. The van der Waals surface area contributed by atoms with Crippen molar-refractivity contribution in [3.05, 3.63) is 66.5 Å². The van der Waals surface area contributed by atoms with Gasteiger partial charge in [-0.25, -0.2) is 4.98 Å². The van der Waals surface area contributed by atoms with Crippen molar-refractivity contribution in [2.24, 2.45) is 0 Å². The van der Waals surface area contributed by atoms with E-state index in [1.54, 1.807) is 7.11 Å². The first-order valence-electron chi connectivity index (χ1n) is 9.27. The van der Waals surface area contributed by atoms with Crippen LogP contribution in [-0.4, -0.2) is 43.3 Å². The van der Waals surface area contributed by atoms with Gasteiger partial charge in [0.25, 0.3) is 0 Å². The Morgan fingerprint density at radius 1 is 0.852 bits per heavy atom. The van der Waals surface area contributed by atoms with Crippen molar-refractivity contribution in [3.8, 4) is 17.0 Å². The third-order valence-corrected chi connectivity index (χ3v) is 5.07. The second-order valence-electron chi connectivity index (χ2n) is 6.72. The molecule has 1 aliphatic rings. The molecule has 0 atom stereocenters. The van der Waals surface area contributed by atoms with Crippen LogP contribution in [0.25, 0.3) is 11.3 Å². The minimum absolute atomic E-state index is 0.907. The van der Waals surface area contributed by atoms with Crippen molar-refractivity contribution in [2.75, 3.05) is 43.1 Å². The summed E-state index contributed by atoms with van der Waals surface area (Å²) < 4.78 is 5.51. The standard InChI is InChI=1S/C22H24N4O/c1-17-7-3-4-8-18(17)19-15-23-16-22(24-19)26-13-11-25(12-14-26)20-9-5-6-10-21(20)27-2/h3-10,15-16H,11-14H2,1-2H3. The summed E-state index contributed by atoms with van der Waals surface area (Å²) in [5, 5.41) is 0. The Morgan fingerprint density at radius 3 is 2.33 bits per heavy atom. The van der Waals surface area contributed by atoms with Crippen molar-refractivity contribution < 1.29 is 4.74 Å². The lowest BCUT2D eigenvalue weighted by Crippen LogP contribution is -2.47. The summed E-state index contributed by atoms with van der Waals surface area (Å²) in [6.07, 6.45) is 3.71. The van der Waals surface area contributed by atoms with Gasteiger partial charge in [-0.1, -0.05) is 36.4 Å². The monoisotopic (exact) mass is 360 g/mol. The number of methoxy groups -OCH3 is 1. The van der Waals surface area contributed by atoms with E-state index in [0.717, 1.165) is 54.7 Å². The van der Waals surface area contributed by atoms with Gasteiger partial charge in [0.05, 0.1) is 30.9 Å². The zero-order valence-corrected chi connectivity index (χ0v) is 15.8. The highest BCUT2D eigenvalue weighted by Gasteiger charge is 2.21. The normalized spacial score (nSPS) is 14.3. The number of para-hydroxylation sites is 2. The summed E-state index contributed by atoms with van der Waals surface area (Å²) in [6.45, 7) is 5.77. The molecule has 5 heteroatoms. The molecular weight excluding hydrogens is 336 g/mol. The molecule has 4 rings (SSSR count). The van der Waals surface area contributed by atoms with Crippen LogP contribution >= 0.6 is 0 Å². The van der Waals surface area contributed by atoms with E-state index in [2.05, 4.69) is 46.0 Å². The first-order chi connectivity index (χ1) is 13.3. The highest BCUT2D eigenvalue weighted by atomic mass is 16.5. The number of aromatic nitrogens is 2. The summed E-state index contributed by atoms with van der Waals surface area (Å²) in [5.41, 5.74) is 4.43. The molecule has 0 radical (unpaired) electrons. The number of nitrogens with zero attached hydrogens (tertiary/aromatic N) is 4. The third-order valence-electron chi connectivity index (χ3n) is 5.07. The molecule has 1 fully saturated rings. The zero-order valence-electron chi connectivity index (χ0n) is 15.8. The number of aryl methyl sites for hydroxylation is 1. The topological polar surface area (TPSA) is 41.5 Å². The zero-order chi connectivity index (χ0) is 18.6. The number of rotatable bonds is 4. The van der Waals surface area contributed by atoms with Gasteiger partial charge in [-0.3, -0.25) is 4.98 Å². The summed E-state index contributed by atoms with van der Waals surface area (Å²) in [6, 6.07) is 16.5. The molecule has 1 aliphatic heterocycles. The molecule has 1 aromatic heterocycles. The van der Waals surface area contributed by atoms with Gasteiger partial charge in [0.15, 0.2) is 0 Å². The fraction of sp³-hybridized carbons (Fsp3) is 0.273. The lowest BCUT2D eigenvalue weighted by molar-refractivity contribution is 0.413. The average molecular weight is 360 g/mol. The van der Waals surface area contributed by atoms with Crippen LogP contribution < -0.4 is 14.5 Å². The van der Waals surface area contributed by atoms with Gasteiger partial charge >= 0.3 is 0 Å². The average Bonchev–Trinajstić information content (AvgIpc) is 2.74. The molecule has 1 saturated heterocycles. The predicted molar refractivity (Wildman–Crippen MR) is 110 cm³/mol. The third kappa shape index (κ3) is 3.58. The van der Waals surface area contributed by atoms with Crippen LogP contribution in [-0.2, 0) is 0 Å². The fourth-order valence-corrected chi connectivity index (χ4v) is 3.57. The van der Waals surface area contributed by atoms with Crippen LogP contribution in [0.2, 0.25) is 0 Å². The molecule has 0 spiro atoms. The molecule has 0 aliphatic carbocycles. The van der Waals surface area contributed by atoms with Gasteiger partial charge in [0.2, 0.25) is 0 Å². The van der Waals surface area contributed by atoms with Crippen LogP contribution in [0.15, 0.2) is 60.9 Å². The van der Waals surface area contributed by atoms with Crippen LogP contribution in [0.1, 0.15) is 5.56 Å². The number of hydrogen-bond acceptors (Lipinski definition) is 5. The number of anilines is 2. The first-order valence-corrected chi connectivity index (χ1v) is 9.27. The number of ether oxygens (including phenoxy) is 1. The largest absolute Gasteiger partial charge is 0.495 e. The Kier molecular flexibility index (Phi) is 4.92. The Bertz CT molecular complexity index is 919. The Morgan fingerprint density at radius 2 is 1.56 bits per heavy atom. The van der Waals surface area contributed by atoms with E-state index in [-0.39, 0.29) is 0 Å². The van der Waals surface area contributed by atoms with E-state index < -0.39 is 0 Å². The lowest BCUT2D eigenvalue weighted by Gasteiger charge is -2.37. The molecule has 0 unspecified atom stereocenters. The molecule has 3 aromatic rings. The van der Waals surface area contributed by atoms with E-state index in [0.29, 0.717) is 0 Å². The Hall–Kier alpha value is -3.08. The van der Waals surface area contributed by atoms with Crippen molar-refractivity contribution >= 4 is 11.5 Å². The molecule has 2 heterocycles. The molecule has 27 heavy (non-hydrogen) atoms. The minimum atomic E-state index is 0.907. The molecule has 2 aromatic carbocycles. The van der Waals surface area contributed by atoms with Crippen molar-refractivity contribution in [2.45, 2.75) is 6.92 Å². The first kappa shape index (κ1) is 17.3. The van der Waals surface area contributed by atoms with E-state index in [4.69, 9.17) is 9.72 Å².